The van der Waals surface area contributed by atoms with Crippen molar-refractivity contribution in [2.45, 2.75) is 0 Å². The van der Waals surface area contributed by atoms with Crippen molar-refractivity contribution in [1.82, 2.24) is 0 Å². The SMILES string of the molecule is NS(=O)(=O)C1=CN=CC=NS1(=O)=O. The van der Waals surface area contributed by atoms with E-state index >= 15 is 0 Å². The number of nitrogens with zero attached hydrogens (tertiary/aromatic N) is 2. The Morgan fingerprint density at radius 3 is 2.46 bits per heavy atom. The first-order valence-electron chi connectivity index (χ1n) is 2.89. The highest BCUT2D eigenvalue weighted by Crippen LogP contribution is 2.14. The number of sulfonamides is 2. The fourth-order valence-corrected chi connectivity index (χ4v) is 2.61. The molecule has 0 fully saturated rings. The van der Waals surface area contributed by atoms with Crippen molar-refractivity contribution in [3.05, 3.63) is 10.4 Å². The summed E-state index contributed by atoms with van der Waals surface area (Å²) in [5, 5.41) is 4.63. The summed E-state index contributed by atoms with van der Waals surface area (Å²) < 4.78 is 45.5. The predicted molar refractivity (Wildman–Crippen MR) is 47.1 cm³/mol. The zero-order valence-corrected chi connectivity index (χ0v) is 7.79. The minimum absolute atomic E-state index is 0.637. The Labute approximate surface area is 74.8 Å². The van der Waals surface area contributed by atoms with Gasteiger partial charge in [0.15, 0.2) is 0 Å². The lowest BCUT2D eigenvalue weighted by Gasteiger charge is -1.98. The third kappa shape index (κ3) is 2.20. The summed E-state index contributed by atoms with van der Waals surface area (Å²) in [7, 11) is -8.54. The normalized spacial score (nSPS) is 20.8. The molecule has 0 radical (unpaired) electrons. The Morgan fingerprint density at radius 2 is 1.92 bits per heavy atom. The van der Waals surface area contributed by atoms with Crippen LogP contribution in [0.25, 0.3) is 0 Å². The van der Waals surface area contributed by atoms with Crippen LogP contribution < -0.4 is 5.14 Å². The van der Waals surface area contributed by atoms with Crippen LogP contribution in [0.15, 0.2) is 19.8 Å². The molecule has 1 aliphatic rings. The third-order valence-electron chi connectivity index (χ3n) is 1.07. The third-order valence-corrected chi connectivity index (χ3v) is 4.08. The molecule has 0 saturated carbocycles. The Balaban J connectivity index is 3.48. The molecule has 0 amide bonds. The van der Waals surface area contributed by atoms with Crippen LogP contribution in [-0.2, 0) is 20.0 Å². The van der Waals surface area contributed by atoms with Crippen molar-refractivity contribution >= 4 is 32.5 Å². The molecule has 0 saturated heterocycles. The van der Waals surface area contributed by atoms with E-state index in [1.165, 1.54) is 0 Å². The molecule has 0 aliphatic carbocycles. The van der Waals surface area contributed by atoms with E-state index < -0.39 is 24.3 Å². The van der Waals surface area contributed by atoms with Gasteiger partial charge in [0.1, 0.15) is 0 Å². The molecule has 1 rings (SSSR count). The highest BCUT2D eigenvalue weighted by Gasteiger charge is 2.27. The van der Waals surface area contributed by atoms with Crippen molar-refractivity contribution in [3.63, 3.8) is 0 Å². The van der Waals surface area contributed by atoms with Gasteiger partial charge in [-0.25, -0.2) is 13.6 Å². The minimum Gasteiger partial charge on any atom is -0.261 e. The largest absolute Gasteiger partial charge is 0.296 e. The number of hydrogen-bond donors (Lipinski definition) is 1. The van der Waals surface area contributed by atoms with Crippen LogP contribution in [0.2, 0.25) is 0 Å². The van der Waals surface area contributed by atoms with Crippen molar-refractivity contribution in [2.24, 2.45) is 14.5 Å². The maximum atomic E-state index is 11.0. The van der Waals surface area contributed by atoms with Gasteiger partial charge in [-0.15, -0.1) is 0 Å². The van der Waals surface area contributed by atoms with Crippen molar-refractivity contribution in [3.8, 4) is 0 Å². The second kappa shape index (κ2) is 3.01. The van der Waals surface area contributed by atoms with E-state index in [2.05, 4.69) is 14.5 Å². The Kier molecular flexibility index (Phi) is 2.32. The van der Waals surface area contributed by atoms with E-state index in [1.807, 2.05) is 0 Å². The minimum atomic E-state index is -4.31. The predicted octanol–water partition coefficient (Wildman–Crippen LogP) is -1.44. The lowest BCUT2D eigenvalue weighted by Crippen LogP contribution is -2.19. The molecule has 0 bridgehead atoms. The summed E-state index contributed by atoms with van der Waals surface area (Å²) in [4.78, 5) is 3.34. The van der Waals surface area contributed by atoms with Gasteiger partial charge >= 0.3 is 0 Å². The lowest BCUT2D eigenvalue weighted by molar-refractivity contribution is 0.597. The molecular weight excluding hydrogens is 218 g/mol. The molecule has 7 nitrogen and oxygen atoms in total. The summed E-state index contributed by atoms with van der Waals surface area (Å²) in [6, 6.07) is 0. The summed E-state index contributed by atoms with van der Waals surface area (Å²) in [5.74, 6) is 0. The first kappa shape index (κ1) is 10.0. The van der Waals surface area contributed by atoms with E-state index in [1.54, 1.807) is 0 Å². The molecule has 9 heteroatoms. The quantitative estimate of drug-likeness (QED) is 0.585. The highest BCUT2D eigenvalue weighted by molar-refractivity contribution is 8.12. The number of hydrogen-bond acceptors (Lipinski definition) is 5. The average Bonchev–Trinajstić information content (AvgIpc) is 2.07. The van der Waals surface area contributed by atoms with Gasteiger partial charge < -0.3 is 0 Å². The van der Waals surface area contributed by atoms with Crippen LogP contribution in [0.4, 0.5) is 0 Å². The van der Waals surface area contributed by atoms with Gasteiger partial charge in [-0.05, 0) is 0 Å². The van der Waals surface area contributed by atoms with E-state index in [9.17, 15) is 16.8 Å². The van der Waals surface area contributed by atoms with E-state index in [4.69, 9.17) is 0 Å². The summed E-state index contributed by atoms with van der Waals surface area (Å²) in [6.45, 7) is 0. The molecule has 13 heavy (non-hydrogen) atoms. The second-order valence-electron chi connectivity index (χ2n) is 2.02. The number of aliphatic imine (C=N–C) groups is 1. The molecule has 2 N–H and O–H groups in total. The lowest BCUT2D eigenvalue weighted by atomic mass is 10.8. The van der Waals surface area contributed by atoms with Crippen LogP contribution in [0, 0.1) is 0 Å². The molecule has 0 aromatic rings. The summed E-state index contributed by atoms with van der Waals surface area (Å²) >= 11 is 0. The number of rotatable bonds is 1. The van der Waals surface area contributed by atoms with Gasteiger partial charge in [0.2, 0.25) is 4.24 Å². The van der Waals surface area contributed by atoms with Crippen LogP contribution in [-0.4, -0.2) is 29.3 Å². The van der Waals surface area contributed by atoms with Crippen molar-refractivity contribution in [2.75, 3.05) is 0 Å². The molecule has 0 aromatic carbocycles. The average molecular weight is 223 g/mol. The smallest absolute Gasteiger partial charge is 0.261 e. The van der Waals surface area contributed by atoms with E-state index in [0.717, 1.165) is 12.4 Å². The first-order chi connectivity index (χ1) is 5.84. The molecule has 72 valence electrons. The zero-order valence-electron chi connectivity index (χ0n) is 6.15. The van der Waals surface area contributed by atoms with Crippen LogP contribution in [0.1, 0.15) is 0 Å². The summed E-state index contributed by atoms with van der Waals surface area (Å²) in [5.41, 5.74) is 0. The van der Waals surface area contributed by atoms with Gasteiger partial charge in [-0.2, -0.15) is 12.8 Å². The van der Waals surface area contributed by atoms with Crippen molar-refractivity contribution < 1.29 is 16.8 Å². The fourth-order valence-electron chi connectivity index (χ4n) is 0.589. The van der Waals surface area contributed by atoms with Crippen LogP contribution >= 0.6 is 0 Å². The zero-order chi connectivity index (χ0) is 10.1. The summed E-state index contributed by atoms with van der Waals surface area (Å²) in [6.07, 6.45) is 2.54. The van der Waals surface area contributed by atoms with E-state index in [0.29, 0.717) is 6.20 Å². The van der Waals surface area contributed by atoms with Gasteiger partial charge in [0.05, 0.1) is 12.4 Å². The van der Waals surface area contributed by atoms with Crippen molar-refractivity contribution in [1.29, 1.82) is 0 Å². The Hall–Kier alpha value is -1.06. The van der Waals surface area contributed by atoms with Crippen LogP contribution in [0.5, 0.6) is 0 Å². The second-order valence-corrected chi connectivity index (χ2v) is 5.41. The van der Waals surface area contributed by atoms with E-state index in [-0.39, 0.29) is 0 Å². The fraction of sp³-hybridized carbons (Fsp3) is 0. The molecule has 0 atom stereocenters. The Morgan fingerprint density at radius 1 is 1.31 bits per heavy atom. The maximum absolute atomic E-state index is 11.0. The van der Waals surface area contributed by atoms with Gasteiger partial charge in [0.25, 0.3) is 20.0 Å². The molecule has 0 aromatic heterocycles. The number of primary sulfonamides is 1. The standard InChI is InChI=1S/C4H5N3O4S2/c5-12(8,9)4-3-6-1-2-7-13(4,10)11/h1-3H,(H2,5,8,9). The highest BCUT2D eigenvalue weighted by atomic mass is 32.3. The molecular formula is C4H5N3O4S2. The topological polar surface area (TPSA) is 119 Å². The monoisotopic (exact) mass is 223 g/mol. The first-order valence-corrected chi connectivity index (χ1v) is 5.88. The molecule has 1 heterocycles. The number of nitrogens with two attached hydrogens (primary N) is 1. The maximum Gasteiger partial charge on any atom is 0.296 e. The van der Waals surface area contributed by atoms with Gasteiger partial charge in [-0.1, -0.05) is 0 Å². The molecule has 0 unspecified atom stereocenters. The molecule has 0 spiro atoms. The van der Waals surface area contributed by atoms with Gasteiger partial charge in [-0.3, -0.25) is 4.99 Å². The van der Waals surface area contributed by atoms with Crippen LogP contribution in [0.3, 0.4) is 0 Å². The Bertz CT molecular complexity index is 496. The molecule has 1 aliphatic heterocycles. The van der Waals surface area contributed by atoms with Gasteiger partial charge in [0, 0.05) is 6.21 Å².